The van der Waals surface area contributed by atoms with Gasteiger partial charge in [0.1, 0.15) is 11.7 Å². The lowest BCUT2D eigenvalue weighted by Gasteiger charge is -2.27. The van der Waals surface area contributed by atoms with Gasteiger partial charge in [0.2, 0.25) is 0 Å². The Hall–Kier alpha value is -3.17. The first-order valence-corrected chi connectivity index (χ1v) is 12.5. The summed E-state index contributed by atoms with van der Waals surface area (Å²) >= 11 is 0. The number of urea groups is 1. The molecule has 1 saturated carbocycles. The first kappa shape index (κ1) is 26.4. The first-order valence-electron chi connectivity index (χ1n) is 12.5. The average molecular weight is 546 g/mol. The SMILES string of the molecule is O=C([NH2+]C1CC12CN(c1cc(F)c(N3CCON(C(=O)NC4CCNCC4)CC3)c(F)c1)C(=O)O2)C(F)F. The van der Waals surface area contributed by atoms with Crippen LogP contribution in [0.2, 0.25) is 0 Å². The molecule has 208 valence electrons. The first-order chi connectivity index (χ1) is 18.2. The highest BCUT2D eigenvalue weighted by molar-refractivity contribution is 5.91. The molecule has 1 aromatic rings. The van der Waals surface area contributed by atoms with Crippen LogP contribution in [0.3, 0.4) is 0 Å². The molecule has 2 unspecified atom stereocenters. The third-order valence-corrected chi connectivity index (χ3v) is 7.30. The summed E-state index contributed by atoms with van der Waals surface area (Å²) in [4.78, 5) is 44.3. The van der Waals surface area contributed by atoms with Crippen LogP contribution in [0.1, 0.15) is 19.3 Å². The van der Waals surface area contributed by atoms with Crippen molar-refractivity contribution in [2.75, 3.05) is 55.7 Å². The second-order valence-electron chi connectivity index (χ2n) is 9.85. The van der Waals surface area contributed by atoms with E-state index in [1.165, 1.54) is 4.90 Å². The maximum atomic E-state index is 15.2. The molecule has 0 bridgehead atoms. The van der Waals surface area contributed by atoms with Crippen molar-refractivity contribution < 1.29 is 46.8 Å². The number of carbonyl (C=O) groups is 3. The van der Waals surface area contributed by atoms with Gasteiger partial charge >= 0.3 is 24.5 Å². The van der Waals surface area contributed by atoms with E-state index in [9.17, 15) is 23.2 Å². The van der Waals surface area contributed by atoms with Crippen LogP contribution in [0, 0.1) is 11.6 Å². The molecule has 3 heterocycles. The number of anilines is 2. The number of hydroxylamine groups is 2. The lowest BCUT2D eigenvalue weighted by atomic mass is 10.1. The highest BCUT2D eigenvalue weighted by Crippen LogP contribution is 2.45. The van der Waals surface area contributed by atoms with Gasteiger partial charge in [-0.25, -0.2) is 28.2 Å². The summed E-state index contributed by atoms with van der Waals surface area (Å²) in [5, 5.41) is 8.13. The minimum absolute atomic E-state index is 0.0243. The van der Waals surface area contributed by atoms with Gasteiger partial charge < -0.3 is 20.3 Å². The van der Waals surface area contributed by atoms with Gasteiger partial charge in [-0.3, -0.25) is 15.1 Å². The van der Waals surface area contributed by atoms with Crippen molar-refractivity contribution in [2.45, 2.75) is 43.4 Å². The second-order valence-corrected chi connectivity index (χ2v) is 9.85. The van der Waals surface area contributed by atoms with Gasteiger partial charge in [-0.05, 0) is 25.9 Å². The Kier molecular flexibility index (Phi) is 7.33. The summed E-state index contributed by atoms with van der Waals surface area (Å²) in [6, 6.07) is 0.940. The molecule has 11 nitrogen and oxygen atoms in total. The molecule has 1 spiro atoms. The molecule has 4 aliphatic rings. The van der Waals surface area contributed by atoms with Crippen LogP contribution in [0.15, 0.2) is 12.1 Å². The predicted molar refractivity (Wildman–Crippen MR) is 124 cm³/mol. The Labute approximate surface area is 215 Å². The maximum Gasteiger partial charge on any atom is 0.415 e. The number of hydrogen-bond acceptors (Lipinski definition) is 7. The average Bonchev–Trinajstić information content (AvgIpc) is 3.50. The number of carbonyl (C=O) groups excluding carboxylic acids is 3. The number of halogens is 4. The van der Waals surface area contributed by atoms with Gasteiger partial charge in [-0.2, -0.15) is 8.78 Å². The number of nitrogens with zero attached hydrogens (tertiary/aromatic N) is 3. The van der Waals surface area contributed by atoms with Crippen molar-refractivity contribution in [1.82, 2.24) is 15.7 Å². The number of hydrogen-bond donors (Lipinski definition) is 3. The number of quaternary nitrogens is 1. The quantitative estimate of drug-likeness (QED) is 0.456. The van der Waals surface area contributed by atoms with E-state index < -0.39 is 47.7 Å². The van der Waals surface area contributed by atoms with E-state index >= 15 is 8.78 Å². The number of ether oxygens (including phenoxy) is 1. The monoisotopic (exact) mass is 545 g/mol. The normalized spacial score (nSPS) is 26.1. The smallest absolute Gasteiger partial charge is 0.415 e. The predicted octanol–water partition coefficient (Wildman–Crippen LogP) is 0.303. The lowest BCUT2D eigenvalue weighted by Crippen LogP contribution is -2.92. The van der Waals surface area contributed by atoms with Crippen molar-refractivity contribution in [2.24, 2.45) is 0 Å². The number of piperidine rings is 1. The van der Waals surface area contributed by atoms with Crippen LogP contribution < -0.4 is 25.8 Å². The van der Waals surface area contributed by atoms with Crippen molar-refractivity contribution in [1.29, 1.82) is 0 Å². The second kappa shape index (κ2) is 10.5. The van der Waals surface area contributed by atoms with E-state index in [1.807, 2.05) is 0 Å². The minimum Gasteiger partial charge on any atom is -0.434 e. The van der Waals surface area contributed by atoms with E-state index in [0.29, 0.717) is 0 Å². The van der Waals surface area contributed by atoms with Gasteiger partial charge in [0.15, 0.2) is 17.2 Å². The molecule has 3 aliphatic heterocycles. The molecule has 1 aromatic carbocycles. The zero-order valence-corrected chi connectivity index (χ0v) is 20.4. The summed E-state index contributed by atoms with van der Waals surface area (Å²) in [6.07, 6.45) is -2.26. The van der Waals surface area contributed by atoms with Crippen LogP contribution in [0.25, 0.3) is 0 Å². The van der Waals surface area contributed by atoms with Crippen LogP contribution in [0.5, 0.6) is 0 Å². The zero-order valence-electron chi connectivity index (χ0n) is 20.4. The lowest BCUT2D eigenvalue weighted by molar-refractivity contribution is -0.593. The van der Waals surface area contributed by atoms with E-state index in [0.717, 1.165) is 53.3 Å². The van der Waals surface area contributed by atoms with Crippen LogP contribution >= 0.6 is 0 Å². The summed E-state index contributed by atoms with van der Waals surface area (Å²) in [6.45, 7) is 1.82. The fraction of sp³-hybridized carbons (Fsp3) is 0.609. The van der Waals surface area contributed by atoms with E-state index in [1.54, 1.807) is 0 Å². The summed E-state index contributed by atoms with van der Waals surface area (Å²) in [7, 11) is 0. The van der Waals surface area contributed by atoms with Crippen molar-refractivity contribution in [3.05, 3.63) is 23.8 Å². The molecule has 0 aromatic heterocycles. The maximum absolute atomic E-state index is 15.2. The number of benzene rings is 1. The van der Waals surface area contributed by atoms with Crippen molar-refractivity contribution in [3.63, 3.8) is 0 Å². The largest absolute Gasteiger partial charge is 0.434 e. The standard InChI is InChI=1S/C23H28F4N6O5/c24-15-9-14(32-12-23(38-22(32)36)11-17(23)30-20(34)19(26)27)10-16(25)18(15)31-5-6-33(37-8-7-31)21(35)29-13-1-3-28-4-2-13/h9-10,13,17,19,28H,1-8,11-12H2,(H,29,35)(H,30,34)/p+1. The molecule has 3 saturated heterocycles. The number of amides is 4. The van der Waals surface area contributed by atoms with Gasteiger partial charge in [0.25, 0.3) is 0 Å². The Morgan fingerprint density at radius 1 is 1.13 bits per heavy atom. The number of primary amides is 1. The minimum atomic E-state index is -3.16. The molecule has 4 fully saturated rings. The highest BCUT2D eigenvalue weighted by Gasteiger charge is 2.68. The topological polar surface area (TPSA) is 120 Å². The number of nitrogens with one attached hydrogen (secondary N) is 2. The van der Waals surface area contributed by atoms with Crippen molar-refractivity contribution in [3.8, 4) is 0 Å². The van der Waals surface area contributed by atoms with Crippen LogP contribution in [-0.4, -0.2) is 93.1 Å². The molecule has 15 heteroatoms. The molecular weight excluding hydrogens is 516 g/mol. The Balaban J connectivity index is 1.22. The molecule has 2 atom stereocenters. The number of rotatable bonds is 5. The van der Waals surface area contributed by atoms with Crippen LogP contribution in [-0.2, 0) is 14.4 Å². The van der Waals surface area contributed by atoms with E-state index in [4.69, 9.17) is 9.57 Å². The highest BCUT2D eigenvalue weighted by atomic mass is 19.3. The molecule has 4 N–H and O–H groups in total. The Bertz CT molecular complexity index is 1080. The Morgan fingerprint density at radius 3 is 2.53 bits per heavy atom. The van der Waals surface area contributed by atoms with Gasteiger partial charge in [-0.1, -0.05) is 0 Å². The number of nitrogens with two attached hydrogens (primary N) is 1. The third-order valence-electron chi connectivity index (χ3n) is 7.30. The third kappa shape index (κ3) is 5.35. The fourth-order valence-corrected chi connectivity index (χ4v) is 5.14. The van der Waals surface area contributed by atoms with Crippen LogP contribution in [0.4, 0.5) is 38.5 Å². The molecule has 0 radical (unpaired) electrons. The Morgan fingerprint density at radius 2 is 1.84 bits per heavy atom. The van der Waals surface area contributed by atoms with Crippen molar-refractivity contribution >= 4 is 29.4 Å². The molecule has 1 aliphatic carbocycles. The molecule has 4 amide bonds. The fourth-order valence-electron chi connectivity index (χ4n) is 5.14. The number of alkyl halides is 2. The molecular formula is C23H29F4N6O5+. The van der Waals surface area contributed by atoms with Gasteiger partial charge in [0, 0.05) is 31.3 Å². The molecule has 5 rings (SSSR count). The van der Waals surface area contributed by atoms with Gasteiger partial charge in [-0.15, -0.1) is 0 Å². The summed E-state index contributed by atoms with van der Waals surface area (Å²) < 4.78 is 60.8. The zero-order chi connectivity index (χ0) is 27.0. The van der Waals surface area contributed by atoms with Gasteiger partial charge in [0.05, 0.1) is 31.8 Å². The van der Waals surface area contributed by atoms with E-state index in [-0.39, 0.29) is 56.6 Å². The summed E-state index contributed by atoms with van der Waals surface area (Å²) in [5.74, 6) is -3.20. The van der Waals surface area contributed by atoms with E-state index in [2.05, 4.69) is 10.6 Å². The summed E-state index contributed by atoms with van der Waals surface area (Å²) in [5.41, 5.74) is -1.57. The molecule has 38 heavy (non-hydrogen) atoms.